The Balaban J connectivity index is 1.54. The van der Waals surface area contributed by atoms with Gasteiger partial charge in [-0.25, -0.2) is 9.18 Å². The molecule has 1 aromatic heterocycles. The molecular weight excluding hydrogens is 423 g/mol. The minimum atomic E-state index is -0.432. The van der Waals surface area contributed by atoms with Crippen molar-refractivity contribution < 1.29 is 18.7 Å². The van der Waals surface area contributed by atoms with Crippen molar-refractivity contribution in [2.24, 2.45) is 0 Å². The van der Waals surface area contributed by atoms with Crippen molar-refractivity contribution in [3.05, 3.63) is 82.9 Å². The lowest BCUT2D eigenvalue weighted by molar-refractivity contribution is 0.0943. The molecule has 0 spiro atoms. The summed E-state index contributed by atoms with van der Waals surface area (Å²) in [5.74, 6) is -0.118. The number of aryl methyl sites for hydroxylation is 1. The minimum Gasteiger partial charge on any atom is -0.487 e. The van der Waals surface area contributed by atoms with E-state index in [-0.39, 0.29) is 30.3 Å². The second kappa shape index (κ2) is 9.28. The number of fused-ring (bicyclic) bond motifs is 1. The van der Waals surface area contributed by atoms with Gasteiger partial charge >= 0.3 is 6.03 Å². The van der Waals surface area contributed by atoms with Gasteiger partial charge in [0.25, 0.3) is 5.91 Å². The maximum absolute atomic E-state index is 13.8. The third-order valence-corrected chi connectivity index (χ3v) is 5.29. The number of rotatable bonds is 6. The first-order valence-electron chi connectivity index (χ1n) is 10.7. The van der Waals surface area contributed by atoms with E-state index in [9.17, 15) is 14.0 Å². The van der Waals surface area contributed by atoms with Gasteiger partial charge in [0, 0.05) is 29.6 Å². The predicted molar refractivity (Wildman–Crippen MR) is 124 cm³/mol. The van der Waals surface area contributed by atoms with Crippen LogP contribution in [0.4, 0.5) is 20.6 Å². The number of urea groups is 1. The first kappa shape index (κ1) is 22.3. The van der Waals surface area contributed by atoms with E-state index >= 15 is 0 Å². The summed E-state index contributed by atoms with van der Waals surface area (Å²) in [5.41, 5.74) is 3.77. The second-order valence-corrected chi connectivity index (χ2v) is 8.19. The predicted octanol–water partition coefficient (Wildman–Crippen LogP) is 4.80. The van der Waals surface area contributed by atoms with Crippen molar-refractivity contribution in [2.45, 2.75) is 40.0 Å². The molecule has 0 saturated heterocycles. The number of hydrogen-bond acceptors (Lipinski definition) is 4. The third-order valence-electron chi connectivity index (χ3n) is 5.29. The summed E-state index contributed by atoms with van der Waals surface area (Å²) >= 11 is 0. The highest BCUT2D eigenvalue weighted by Gasteiger charge is 2.26. The Hall–Kier alpha value is -3.94. The largest absolute Gasteiger partial charge is 0.487 e. The van der Waals surface area contributed by atoms with Crippen LogP contribution in [0.15, 0.2) is 54.7 Å². The fourth-order valence-electron chi connectivity index (χ4n) is 3.58. The SMILES string of the molecule is Cc1ccc(OCc2ncccc2F)cc1N1Cc2ccc(C(=O)NC(C)C)cc2NC1=O. The number of nitrogens with zero attached hydrogens (tertiary/aromatic N) is 2. The van der Waals surface area contributed by atoms with Crippen LogP contribution in [0.5, 0.6) is 5.75 Å². The van der Waals surface area contributed by atoms with Crippen molar-refractivity contribution in [2.75, 3.05) is 10.2 Å². The number of nitrogens with one attached hydrogen (secondary N) is 2. The van der Waals surface area contributed by atoms with Crippen LogP contribution in [0.1, 0.15) is 41.0 Å². The van der Waals surface area contributed by atoms with Gasteiger partial charge in [0.15, 0.2) is 0 Å². The molecule has 8 heteroatoms. The molecule has 4 rings (SSSR count). The molecule has 0 unspecified atom stereocenters. The first-order chi connectivity index (χ1) is 15.8. The smallest absolute Gasteiger partial charge is 0.326 e. The lowest BCUT2D eigenvalue weighted by Crippen LogP contribution is -2.39. The fraction of sp³-hybridized carbons (Fsp3) is 0.240. The number of ether oxygens (including phenoxy) is 1. The zero-order chi connectivity index (χ0) is 23.5. The third kappa shape index (κ3) is 4.95. The van der Waals surface area contributed by atoms with E-state index in [0.29, 0.717) is 29.2 Å². The zero-order valence-corrected chi connectivity index (χ0v) is 18.7. The molecule has 0 aliphatic carbocycles. The van der Waals surface area contributed by atoms with Crippen LogP contribution in [0.3, 0.4) is 0 Å². The van der Waals surface area contributed by atoms with Gasteiger partial charge in [-0.15, -0.1) is 0 Å². The molecule has 0 atom stereocenters. The van der Waals surface area contributed by atoms with Crippen LogP contribution in [-0.4, -0.2) is 23.0 Å². The van der Waals surface area contributed by atoms with E-state index < -0.39 is 5.82 Å². The molecule has 0 saturated carbocycles. The Morgan fingerprint density at radius 3 is 2.82 bits per heavy atom. The molecule has 0 radical (unpaired) electrons. The molecule has 0 bridgehead atoms. The van der Waals surface area contributed by atoms with Gasteiger partial charge in [0.2, 0.25) is 0 Å². The number of pyridine rings is 1. The van der Waals surface area contributed by atoms with E-state index in [4.69, 9.17) is 4.74 Å². The number of hydrogen-bond donors (Lipinski definition) is 2. The van der Waals surface area contributed by atoms with Gasteiger partial charge in [0.1, 0.15) is 23.9 Å². The minimum absolute atomic E-state index is 0.0188. The Labute approximate surface area is 191 Å². The standard InChI is InChI=1S/C25H25FN4O3/c1-15(2)28-24(31)17-7-8-18-13-30(25(32)29-21(18)11-17)23-12-19(9-6-16(23)3)33-14-22-20(26)5-4-10-27-22/h4-12,15H,13-14H2,1-3H3,(H,28,31)(H,29,32). The average molecular weight is 448 g/mol. The molecule has 33 heavy (non-hydrogen) atoms. The Morgan fingerprint density at radius 2 is 2.06 bits per heavy atom. The average Bonchev–Trinajstić information content (AvgIpc) is 2.78. The van der Waals surface area contributed by atoms with E-state index in [2.05, 4.69) is 15.6 Å². The van der Waals surface area contributed by atoms with E-state index in [1.165, 1.54) is 18.3 Å². The van der Waals surface area contributed by atoms with Crippen LogP contribution < -0.4 is 20.3 Å². The Kier molecular flexibility index (Phi) is 6.26. The van der Waals surface area contributed by atoms with Gasteiger partial charge < -0.3 is 15.4 Å². The van der Waals surface area contributed by atoms with E-state index in [1.807, 2.05) is 32.9 Å². The molecule has 2 aromatic carbocycles. The summed E-state index contributed by atoms with van der Waals surface area (Å²) in [5, 5.41) is 5.72. The van der Waals surface area contributed by atoms with Crippen LogP contribution in [0.25, 0.3) is 0 Å². The van der Waals surface area contributed by atoms with Gasteiger partial charge in [0.05, 0.1) is 12.2 Å². The number of anilines is 2. The number of amides is 3. The second-order valence-electron chi connectivity index (χ2n) is 8.19. The molecule has 3 aromatic rings. The Bertz CT molecular complexity index is 1210. The summed E-state index contributed by atoms with van der Waals surface area (Å²) in [7, 11) is 0. The lowest BCUT2D eigenvalue weighted by Gasteiger charge is -2.31. The van der Waals surface area contributed by atoms with Crippen molar-refractivity contribution >= 4 is 23.3 Å². The van der Waals surface area contributed by atoms with Crippen LogP contribution in [0, 0.1) is 12.7 Å². The summed E-state index contributed by atoms with van der Waals surface area (Å²) in [6, 6.07) is 13.2. The molecule has 3 amide bonds. The number of benzene rings is 2. The number of carbonyl (C=O) groups excluding carboxylic acids is 2. The first-order valence-corrected chi connectivity index (χ1v) is 10.7. The van der Waals surface area contributed by atoms with Gasteiger partial charge in [-0.3, -0.25) is 14.7 Å². The highest BCUT2D eigenvalue weighted by atomic mass is 19.1. The molecule has 1 aliphatic rings. The fourth-order valence-corrected chi connectivity index (χ4v) is 3.58. The highest BCUT2D eigenvalue weighted by Crippen LogP contribution is 2.32. The van der Waals surface area contributed by atoms with Crippen LogP contribution in [-0.2, 0) is 13.2 Å². The zero-order valence-electron chi connectivity index (χ0n) is 18.7. The lowest BCUT2D eigenvalue weighted by atomic mass is 10.0. The molecule has 2 heterocycles. The van der Waals surface area contributed by atoms with Gasteiger partial charge in [-0.2, -0.15) is 0 Å². The molecular formula is C25H25FN4O3. The van der Waals surface area contributed by atoms with E-state index in [0.717, 1.165) is 11.1 Å². The van der Waals surface area contributed by atoms with Crippen molar-refractivity contribution in [3.8, 4) is 5.75 Å². The molecule has 1 aliphatic heterocycles. The summed E-state index contributed by atoms with van der Waals surface area (Å²) in [4.78, 5) is 30.8. The number of aromatic nitrogens is 1. The van der Waals surface area contributed by atoms with E-state index in [1.54, 1.807) is 29.2 Å². The summed E-state index contributed by atoms with van der Waals surface area (Å²) in [6.07, 6.45) is 1.51. The van der Waals surface area contributed by atoms with Crippen molar-refractivity contribution in [3.63, 3.8) is 0 Å². The Morgan fingerprint density at radius 1 is 1.24 bits per heavy atom. The van der Waals surface area contributed by atoms with Gasteiger partial charge in [-0.05, 0) is 62.2 Å². The van der Waals surface area contributed by atoms with Gasteiger partial charge in [-0.1, -0.05) is 12.1 Å². The molecule has 7 nitrogen and oxygen atoms in total. The molecule has 2 N–H and O–H groups in total. The maximum atomic E-state index is 13.8. The summed E-state index contributed by atoms with van der Waals surface area (Å²) < 4.78 is 19.6. The highest BCUT2D eigenvalue weighted by molar-refractivity contribution is 6.06. The number of halogens is 1. The van der Waals surface area contributed by atoms with Crippen molar-refractivity contribution in [1.29, 1.82) is 0 Å². The maximum Gasteiger partial charge on any atom is 0.326 e. The quantitative estimate of drug-likeness (QED) is 0.568. The number of carbonyl (C=O) groups is 2. The topological polar surface area (TPSA) is 83.6 Å². The molecule has 0 fully saturated rings. The van der Waals surface area contributed by atoms with Crippen LogP contribution >= 0.6 is 0 Å². The normalized spacial score (nSPS) is 12.9. The monoisotopic (exact) mass is 448 g/mol. The molecule has 170 valence electrons. The van der Waals surface area contributed by atoms with Crippen LogP contribution in [0.2, 0.25) is 0 Å². The van der Waals surface area contributed by atoms with Crippen molar-refractivity contribution in [1.82, 2.24) is 10.3 Å². The summed E-state index contributed by atoms with van der Waals surface area (Å²) in [6.45, 7) is 6.00.